The lowest BCUT2D eigenvalue weighted by atomic mass is 10.1. The Labute approximate surface area is 109 Å². The molecule has 1 unspecified atom stereocenters. The van der Waals surface area contributed by atoms with Crippen molar-refractivity contribution in [3.63, 3.8) is 0 Å². The first-order valence-corrected chi connectivity index (χ1v) is 6.28. The lowest BCUT2D eigenvalue weighted by Crippen LogP contribution is -2.20. The summed E-state index contributed by atoms with van der Waals surface area (Å²) in [5, 5.41) is 3.28. The van der Waals surface area contributed by atoms with Gasteiger partial charge in [-0.2, -0.15) is 0 Å². The lowest BCUT2D eigenvalue weighted by Gasteiger charge is -2.16. The van der Waals surface area contributed by atoms with Crippen molar-refractivity contribution in [3.8, 4) is 0 Å². The Morgan fingerprint density at radius 2 is 2.00 bits per heavy atom. The summed E-state index contributed by atoms with van der Waals surface area (Å²) in [4.78, 5) is 8.75. The molecule has 0 aromatic carbocycles. The second kappa shape index (κ2) is 5.89. The topological polar surface area (TPSA) is 37.8 Å². The first-order valence-electron chi connectivity index (χ1n) is 5.49. The number of hydrogen-bond acceptors (Lipinski definition) is 3. The third-order valence-electron chi connectivity index (χ3n) is 2.60. The molecule has 4 heteroatoms. The van der Waals surface area contributed by atoms with E-state index in [2.05, 4.69) is 31.2 Å². The zero-order chi connectivity index (χ0) is 12.1. The third kappa shape index (κ3) is 3.11. The van der Waals surface area contributed by atoms with Gasteiger partial charge in [-0.1, -0.05) is 6.07 Å². The highest BCUT2D eigenvalue weighted by Gasteiger charge is 2.14. The number of nitrogens with one attached hydrogen (secondary N) is 1. The van der Waals surface area contributed by atoms with Crippen molar-refractivity contribution >= 4 is 15.9 Å². The van der Waals surface area contributed by atoms with Gasteiger partial charge in [-0.25, -0.2) is 0 Å². The smallest absolute Gasteiger partial charge is 0.0718 e. The molecule has 0 aliphatic rings. The molecule has 0 aliphatic carbocycles. The van der Waals surface area contributed by atoms with Gasteiger partial charge in [0.25, 0.3) is 0 Å². The molecule has 1 N–H and O–H groups in total. The fraction of sp³-hybridized carbons (Fsp3) is 0.231. The Kier molecular flexibility index (Phi) is 4.23. The molecule has 2 aromatic heterocycles. The van der Waals surface area contributed by atoms with Gasteiger partial charge in [0, 0.05) is 29.0 Å². The van der Waals surface area contributed by atoms with Gasteiger partial charge in [-0.15, -0.1) is 0 Å². The van der Waals surface area contributed by atoms with Crippen LogP contribution in [0.4, 0.5) is 0 Å². The first-order chi connectivity index (χ1) is 8.31. The van der Waals surface area contributed by atoms with Crippen LogP contribution in [-0.2, 0) is 6.42 Å². The average molecular weight is 292 g/mol. The molecule has 17 heavy (non-hydrogen) atoms. The molecule has 2 heterocycles. The summed E-state index contributed by atoms with van der Waals surface area (Å²) in [5.74, 6) is 0. The van der Waals surface area contributed by atoms with Crippen LogP contribution in [0.1, 0.15) is 17.4 Å². The summed E-state index contributed by atoms with van der Waals surface area (Å²) < 4.78 is 1.02. The molecule has 0 spiro atoms. The van der Waals surface area contributed by atoms with Crippen molar-refractivity contribution in [3.05, 3.63) is 58.6 Å². The van der Waals surface area contributed by atoms with E-state index in [1.54, 1.807) is 0 Å². The van der Waals surface area contributed by atoms with E-state index in [0.29, 0.717) is 0 Å². The van der Waals surface area contributed by atoms with Crippen LogP contribution in [0, 0.1) is 0 Å². The van der Waals surface area contributed by atoms with Crippen molar-refractivity contribution in [2.75, 3.05) is 7.05 Å². The van der Waals surface area contributed by atoms with E-state index < -0.39 is 0 Å². The van der Waals surface area contributed by atoms with Crippen molar-refractivity contribution in [2.24, 2.45) is 0 Å². The second-order valence-electron chi connectivity index (χ2n) is 3.74. The average Bonchev–Trinajstić information content (AvgIpc) is 2.38. The molecule has 1 atom stereocenters. The van der Waals surface area contributed by atoms with E-state index >= 15 is 0 Å². The number of rotatable bonds is 4. The van der Waals surface area contributed by atoms with Crippen LogP contribution < -0.4 is 5.32 Å². The van der Waals surface area contributed by atoms with Crippen LogP contribution in [0.3, 0.4) is 0 Å². The minimum atomic E-state index is 0.167. The summed E-state index contributed by atoms with van der Waals surface area (Å²) in [6.45, 7) is 0. The quantitative estimate of drug-likeness (QED) is 0.941. The molecule has 0 radical (unpaired) electrons. The van der Waals surface area contributed by atoms with Gasteiger partial charge in [-0.05, 0) is 47.2 Å². The predicted molar refractivity (Wildman–Crippen MR) is 71.7 cm³/mol. The maximum atomic E-state index is 4.41. The van der Waals surface area contributed by atoms with Crippen LogP contribution in [0.25, 0.3) is 0 Å². The Hall–Kier alpha value is -1.26. The SMILES string of the molecule is CNC(Cc1ccccn1)c1ncccc1Br. The summed E-state index contributed by atoms with van der Waals surface area (Å²) in [6, 6.07) is 10.0. The third-order valence-corrected chi connectivity index (χ3v) is 3.28. The Morgan fingerprint density at radius 1 is 1.18 bits per heavy atom. The Bertz CT molecular complexity index is 473. The van der Waals surface area contributed by atoms with Crippen LogP contribution in [0.2, 0.25) is 0 Å². The Balaban J connectivity index is 2.21. The van der Waals surface area contributed by atoms with E-state index in [0.717, 1.165) is 22.3 Å². The molecule has 3 nitrogen and oxygen atoms in total. The normalized spacial score (nSPS) is 12.4. The van der Waals surface area contributed by atoms with E-state index in [-0.39, 0.29) is 6.04 Å². The minimum Gasteiger partial charge on any atom is -0.311 e. The highest BCUT2D eigenvalue weighted by molar-refractivity contribution is 9.10. The van der Waals surface area contributed by atoms with Crippen molar-refractivity contribution in [1.29, 1.82) is 0 Å². The largest absolute Gasteiger partial charge is 0.311 e. The van der Waals surface area contributed by atoms with E-state index in [9.17, 15) is 0 Å². The molecule has 0 saturated heterocycles. The van der Waals surface area contributed by atoms with Gasteiger partial charge < -0.3 is 5.32 Å². The zero-order valence-electron chi connectivity index (χ0n) is 9.60. The standard InChI is InChI=1S/C13H14BrN3/c1-15-12(9-10-5-2-3-7-16-10)13-11(14)6-4-8-17-13/h2-8,12,15H,9H2,1H3. The van der Waals surface area contributed by atoms with E-state index in [1.165, 1.54) is 0 Å². The number of pyridine rings is 2. The van der Waals surface area contributed by atoms with E-state index in [4.69, 9.17) is 0 Å². The van der Waals surface area contributed by atoms with Crippen LogP contribution in [0.5, 0.6) is 0 Å². The number of halogens is 1. The van der Waals surface area contributed by atoms with Crippen molar-refractivity contribution < 1.29 is 0 Å². The summed E-state index contributed by atoms with van der Waals surface area (Å²) in [7, 11) is 1.94. The summed E-state index contributed by atoms with van der Waals surface area (Å²) in [5.41, 5.74) is 2.07. The molecule has 0 saturated carbocycles. The molecule has 0 bridgehead atoms. The van der Waals surface area contributed by atoms with Gasteiger partial charge in [0.2, 0.25) is 0 Å². The summed E-state index contributed by atoms with van der Waals surface area (Å²) >= 11 is 3.53. The molecule has 0 aliphatic heterocycles. The zero-order valence-corrected chi connectivity index (χ0v) is 11.2. The summed E-state index contributed by atoms with van der Waals surface area (Å²) in [6.07, 6.45) is 4.45. The number of hydrogen-bond donors (Lipinski definition) is 1. The van der Waals surface area contributed by atoms with Crippen molar-refractivity contribution in [1.82, 2.24) is 15.3 Å². The second-order valence-corrected chi connectivity index (χ2v) is 4.59. The maximum absolute atomic E-state index is 4.41. The van der Waals surface area contributed by atoms with Crippen LogP contribution in [-0.4, -0.2) is 17.0 Å². The lowest BCUT2D eigenvalue weighted by molar-refractivity contribution is 0.566. The number of nitrogens with zero attached hydrogens (tertiary/aromatic N) is 2. The Morgan fingerprint density at radius 3 is 2.65 bits per heavy atom. The highest BCUT2D eigenvalue weighted by atomic mass is 79.9. The molecule has 2 rings (SSSR count). The van der Waals surface area contributed by atoms with E-state index in [1.807, 2.05) is 49.8 Å². The number of aromatic nitrogens is 2. The molecule has 88 valence electrons. The number of likely N-dealkylation sites (N-methyl/N-ethyl adjacent to an activating group) is 1. The van der Waals surface area contributed by atoms with Crippen LogP contribution >= 0.6 is 15.9 Å². The van der Waals surface area contributed by atoms with Gasteiger partial charge in [0.1, 0.15) is 0 Å². The monoisotopic (exact) mass is 291 g/mol. The van der Waals surface area contributed by atoms with Gasteiger partial charge >= 0.3 is 0 Å². The van der Waals surface area contributed by atoms with Gasteiger partial charge in [0.15, 0.2) is 0 Å². The molecular formula is C13H14BrN3. The highest BCUT2D eigenvalue weighted by Crippen LogP contribution is 2.22. The van der Waals surface area contributed by atoms with Crippen molar-refractivity contribution in [2.45, 2.75) is 12.5 Å². The molecule has 0 amide bonds. The van der Waals surface area contributed by atoms with Gasteiger partial charge in [0.05, 0.1) is 11.7 Å². The maximum Gasteiger partial charge on any atom is 0.0718 e. The van der Waals surface area contributed by atoms with Gasteiger partial charge in [-0.3, -0.25) is 9.97 Å². The fourth-order valence-electron chi connectivity index (χ4n) is 1.72. The minimum absolute atomic E-state index is 0.167. The first kappa shape index (κ1) is 12.2. The predicted octanol–water partition coefficient (Wildman–Crippen LogP) is 2.74. The molecule has 2 aromatic rings. The molecular weight excluding hydrogens is 278 g/mol. The van der Waals surface area contributed by atoms with Crippen LogP contribution in [0.15, 0.2) is 47.2 Å². The fourth-order valence-corrected chi connectivity index (χ4v) is 2.25. The molecule has 0 fully saturated rings.